The van der Waals surface area contributed by atoms with Gasteiger partial charge >= 0.3 is 0 Å². The largest absolute Gasteiger partial charge is 0.347 e. The zero-order valence-corrected chi connectivity index (χ0v) is 12.8. The zero-order chi connectivity index (χ0) is 14.6. The minimum absolute atomic E-state index is 0.103. The number of fused-ring (bicyclic) bond motifs is 1. The second kappa shape index (κ2) is 4.68. The Labute approximate surface area is 129 Å². The molecule has 0 saturated heterocycles. The topological polar surface area (TPSA) is 33.4 Å². The number of aromatic nitrogens is 3. The Balaban J connectivity index is 1.70. The normalized spacial score (nSPS) is 14.8. The highest BCUT2D eigenvalue weighted by atomic mass is 35.5. The molecule has 3 aromatic rings. The van der Waals surface area contributed by atoms with Gasteiger partial charge in [0.1, 0.15) is 5.82 Å². The summed E-state index contributed by atoms with van der Waals surface area (Å²) in [5.41, 5.74) is 1.53. The van der Waals surface area contributed by atoms with Crippen LogP contribution in [0.2, 0.25) is 5.02 Å². The van der Waals surface area contributed by atoms with Crippen LogP contribution in [0.25, 0.3) is 16.2 Å². The summed E-state index contributed by atoms with van der Waals surface area (Å²) >= 11 is 7.37. The van der Waals surface area contributed by atoms with Crippen molar-refractivity contribution in [3.63, 3.8) is 0 Å². The third-order valence-electron chi connectivity index (χ3n) is 3.64. The minimum atomic E-state index is -0.423. The van der Waals surface area contributed by atoms with Crippen LogP contribution in [0.4, 0.5) is 9.52 Å². The van der Waals surface area contributed by atoms with Gasteiger partial charge in [0.05, 0.1) is 16.9 Å². The molecular weight excluding hydrogens is 311 g/mol. The van der Waals surface area contributed by atoms with E-state index in [0.29, 0.717) is 6.04 Å². The lowest BCUT2D eigenvalue weighted by Crippen LogP contribution is -2.19. The van der Waals surface area contributed by atoms with Crippen molar-refractivity contribution in [1.29, 1.82) is 0 Å². The Morgan fingerprint density at radius 2 is 2.24 bits per heavy atom. The van der Waals surface area contributed by atoms with E-state index >= 15 is 0 Å². The molecule has 0 aliphatic heterocycles. The van der Waals surface area contributed by atoms with Crippen molar-refractivity contribution in [2.45, 2.75) is 18.9 Å². The molecule has 0 N–H and O–H groups in total. The molecule has 2 heterocycles. The van der Waals surface area contributed by atoms with E-state index in [9.17, 15) is 4.39 Å². The van der Waals surface area contributed by atoms with E-state index < -0.39 is 5.82 Å². The maximum absolute atomic E-state index is 13.2. The van der Waals surface area contributed by atoms with E-state index in [1.54, 1.807) is 28.0 Å². The van der Waals surface area contributed by atoms with Crippen molar-refractivity contribution in [3.05, 3.63) is 35.2 Å². The van der Waals surface area contributed by atoms with Gasteiger partial charge in [-0.05, 0) is 31.0 Å². The molecule has 0 spiro atoms. The molecule has 1 aromatic carbocycles. The van der Waals surface area contributed by atoms with E-state index in [-0.39, 0.29) is 5.02 Å². The molecule has 0 unspecified atom stereocenters. The first kappa shape index (κ1) is 13.0. The Morgan fingerprint density at radius 1 is 1.43 bits per heavy atom. The van der Waals surface area contributed by atoms with Crippen molar-refractivity contribution >= 4 is 33.0 Å². The van der Waals surface area contributed by atoms with Crippen LogP contribution in [0.5, 0.6) is 0 Å². The first-order valence-corrected chi connectivity index (χ1v) is 7.86. The summed E-state index contributed by atoms with van der Waals surface area (Å²) in [7, 11) is 2.07. The zero-order valence-electron chi connectivity index (χ0n) is 11.3. The van der Waals surface area contributed by atoms with Crippen LogP contribution in [0.15, 0.2) is 24.4 Å². The number of benzene rings is 1. The van der Waals surface area contributed by atoms with E-state index in [0.717, 1.165) is 21.3 Å². The summed E-state index contributed by atoms with van der Waals surface area (Å²) in [5, 5.41) is 5.63. The molecule has 108 valence electrons. The summed E-state index contributed by atoms with van der Waals surface area (Å²) in [4.78, 5) is 7.58. The molecule has 1 aliphatic rings. The Hall–Kier alpha value is -1.66. The summed E-state index contributed by atoms with van der Waals surface area (Å²) < 4.78 is 15.0. The van der Waals surface area contributed by atoms with Gasteiger partial charge in [-0.25, -0.2) is 13.9 Å². The molecule has 1 saturated carbocycles. The number of halogens is 2. The van der Waals surface area contributed by atoms with Crippen molar-refractivity contribution in [1.82, 2.24) is 14.6 Å². The van der Waals surface area contributed by atoms with E-state index in [1.807, 2.05) is 6.20 Å². The average Bonchev–Trinajstić information content (AvgIpc) is 3.11. The average molecular weight is 323 g/mol. The molecule has 4 rings (SSSR count). The number of rotatable bonds is 3. The standard InChI is InChI=1S/C14H12ClFN4S/c1-19(9-3-4-9)14-18-20-7-12(17-13(20)21-14)8-2-5-11(16)10(15)6-8/h2,5-7,9H,3-4H2,1H3. The number of imidazole rings is 1. The maximum atomic E-state index is 13.2. The molecular formula is C14H12ClFN4S. The number of hydrogen-bond acceptors (Lipinski definition) is 4. The van der Waals surface area contributed by atoms with E-state index in [2.05, 4.69) is 22.0 Å². The van der Waals surface area contributed by atoms with Crippen LogP contribution in [-0.4, -0.2) is 27.7 Å². The van der Waals surface area contributed by atoms with Gasteiger partial charge in [0.15, 0.2) is 0 Å². The highest BCUT2D eigenvalue weighted by molar-refractivity contribution is 7.20. The van der Waals surface area contributed by atoms with Crippen LogP contribution in [0.3, 0.4) is 0 Å². The highest BCUT2D eigenvalue weighted by Crippen LogP contribution is 2.33. The molecule has 4 nitrogen and oxygen atoms in total. The van der Waals surface area contributed by atoms with Gasteiger partial charge in [0.25, 0.3) is 0 Å². The fourth-order valence-corrected chi connectivity index (χ4v) is 3.34. The highest BCUT2D eigenvalue weighted by Gasteiger charge is 2.28. The van der Waals surface area contributed by atoms with E-state index in [4.69, 9.17) is 11.6 Å². The van der Waals surface area contributed by atoms with Gasteiger partial charge in [-0.2, -0.15) is 0 Å². The first-order chi connectivity index (χ1) is 10.1. The number of anilines is 1. The van der Waals surface area contributed by atoms with Gasteiger partial charge in [0, 0.05) is 18.7 Å². The van der Waals surface area contributed by atoms with Crippen molar-refractivity contribution in [2.75, 3.05) is 11.9 Å². The number of nitrogens with zero attached hydrogens (tertiary/aromatic N) is 4. The Bertz CT molecular complexity index is 792. The van der Waals surface area contributed by atoms with Crippen LogP contribution < -0.4 is 4.90 Å². The fourth-order valence-electron chi connectivity index (χ4n) is 2.24. The second-order valence-electron chi connectivity index (χ2n) is 5.21. The molecule has 21 heavy (non-hydrogen) atoms. The fraction of sp³-hybridized carbons (Fsp3) is 0.286. The molecule has 0 amide bonds. The lowest BCUT2D eigenvalue weighted by atomic mass is 10.2. The SMILES string of the molecule is CN(c1nn2cc(-c3ccc(F)c(Cl)c3)nc2s1)C1CC1. The first-order valence-electron chi connectivity index (χ1n) is 6.66. The van der Waals surface area contributed by atoms with Gasteiger partial charge in [-0.1, -0.05) is 22.9 Å². The summed E-state index contributed by atoms with van der Waals surface area (Å²) in [6, 6.07) is 5.23. The molecule has 1 aliphatic carbocycles. The van der Waals surface area contributed by atoms with E-state index in [1.165, 1.54) is 18.9 Å². The smallest absolute Gasteiger partial charge is 0.214 e. The number of hydrogen-bond donors (Lipinski definition) is 0. The summed E-state index contributed by atoms with van der Waals surface area (Å²) in [6.07, 6.45) is 4.31. The lowest BCUT2D eigenvalue weighted by molar-refractivity contribution is 0.628. The van der Waals surface area contributed by atoms with Crippen molar-refractivity contribution < 1.29 is 4.39 Å². The van der Waals surface area contributed by atoms with Gasteiger partial charge in [0.2, 0.25) is 10.1 Å². The molecule has 0 atom stereocenters. The molecule has 0 radical (unpaired) electrons. The maximum Gasteiger partial charge on any atom is 0.214 e. The molecule has 0 bridgehead atoms. The summed E-state index contributed by atoms with van der Waals surface area (Å²) in [6.45, 7) is 0. The minimum Gasteiger partial charge on any atom is -0.347 e. The van der Waals surface area contributed by atoms with Gasteiger partial charge < -0.3 is 4.90 Å². The predicted molar refractivity (Wildman–Crippen MR) is 82.7 cm³/mol. The molecule has 2 aromatic heterocycles. The van der Waals surface area contributed by atoms with Crippen LogP contribution >= 0.6 is 22.9 Å². The molecule has 7 heteroatoms. The monoisotopic (exact) mass is 322 g/mol. The Kier molecular flexibility index (Phi) is 2.90. The second-order valence-corrected chi connectivity index (χ2v) is 6.55. The third-order valence-corrected chi connectivity index (χ3v) is 4.95. The van der Waals surface area contributed by atoms with Crippen LogP contribution in [0.1, 0.15) is 12.8 Å². The quantitative estimate of drug-likeness (QED) is 0.734. The van der Waals surface area contributed by atoms with Crippen molar-refractivity contribution in [3.8, 4) is 11.3 Å². The van der Waals surface area contributed by atoms with Crippen LogP contribution in [-0.2, 0) is 0 Å². The third kappa shape index (κ3) is 2.28. The Morgan fingerprint density at radius 3 is 2.90 bits per heavy atom. The molecule has 1 fully saturated rings. The predicted octanol–water partition coefficient (Wildman–Crippen LogP) is 3.85. The summed E-state index contributed by atoms with van der Waals surface area (Å²) in [5.74, 6) is -0.423. The van der Waals surface area contributed by atoms with Gasteiger partial charge in [-0.15, -0.1) is 5.10 Å². The lowest BCUT2D eigenvalue weighted by Gasteiger charge is -2.12. The van der Waals surface area contributed by atoms with Crippen LogP contribution in [0, 0.1) is 5.82 Å². The van der Waals surface area contributed by atoms with Gasteiger partial charge in [-0.3, -0.25) is 0 Å². The van der Waals surface area contributed by atoms with Crippen molar-refractivity contribution in [2.24, 2.45) is 0 Å².